The fourth-order valence-corrected chi connectivity index (χ4v) is 8.40. The Hall–Kier alpha value is -4.32. The molecular weight excluding hydrogens is 717 g/mol. The van der Waals surface area contributed by atoms with Crippen LogP contribution in [0.2, 0.25) is 0 Å². The van der Waals surface area contributed by atoms with Gasteiger partial charge >= 0.3 is 0 Å². The zero-order valence-electron chi connectivity index (χ0n) is 31.9. The summed E-state index contributed by atoms with van der Waals surface area (Å²) < 4.78 is 65.2. The van der Waals surface area contributed by atoms with E-state index in [1.54, 1.807) is 0 Å². The van der Waals surface area contributed by atoms with Crippen LogP contribution in [0.5, 0.6) is 0 Å². The van der Waals surface area contributed by atoms with Gasteiger partial charge in [0, 0.05) is 53.4 Å². The lowest BCUT2D eigenvalue weighted by molar-refractivity contribution is 0.310. The highest BCUT2D eigenvalue weighted by Crippen LogP contribution is 2.32. The van der Waals surface area contributed by atoms with Crippen molar-refractivity contribution in [1.82, 2.24) is 9.47 Å². The number of fused-ring (bicyclic) bond motifs is 4. The average molecular weight is 769 g/mol. The van der Waals surface area contributed by atoms with Gasteiger partial charge in [0.2, 0.25) is 0 Å². The monoisotopic (exact) mass is 768 g/mol. The summed E-state index contributed by atoms with van der Waals surface area (Å²) in [6, 6.07) is 27.1. The zero-order valence-corrected chi connectivity index (χ0v) is 33.5. The Morgan fingerprint density at radius 3 is 1.93 bits per heavy atom. The molecule has 5 aromatic rings. The van der Waals surface area contributed by atoms with Crippen LogP contribution in [0.4, 0.5) is 0 Å². The first-order chi connectivity index (χ1) is 25.5. The maximum absolute atomic E-state index is 11.2. The molecule has 0 radical (unpaired) electrons. The minimum absolute atomic E-state index is 0.0233. The van der Waals surface area contributed by atoms with Gasteiger partial charge in [-0.05, 0) is 81.3 Å². The average Bonchev–Trinajstić information content (AvgIpc) is 3.41. The minimum atomic E-state index is -4.47. The molecule has 2 heterocycles. The fraction of sp³-hybridized carbons (Fsp3) is 0.318. The molecule has 4 aromatic carbocycles. The molecule has 0 spiro atoms. The van der Waals surface area contributed by atoms with E-state index in [1.165, 1.54) is 76.0 Å². The van der Waals surface area contributed by atoms with Crippen LogP contribution in [0, 0.1) is 5.41 Å². The third kappa shape index (κ3) is 10.7. The normalized spacial score (nSPS) is 16.5. The highest BCUT2D eigenvalue weighted by molar-refractivity contribution is 7.86. The van der Waals surface area contributed by atoms with Crippen molar-refractivity contribution in [3.8, 4) is 0 Å². The van der Waals surface area contributed by atoms with Crippen LogP contribution >= 0.6 is 0 Å². The molecular formula is C44H52N2O6S2. The van der Waals surface area contributed by atoms with Gasteiger partial charge in [-0.1, -0.05) is 122 Å². The molecule has 54 heavy (non-hydrogen) atoms. The third-order valence-corrected chi connectivity index (χ3v) is 11.8. The molecule has 0 fully saturated rings. The maximum atomic E-state index is 11.2. The topological polar surface area (TPSA) is 117 Å². The number of allylic oxidation sites excluding steroid dienone is 6. The molecule has 0 amide bonds. The van der Waals surface area contributed by atoms with Crippen molar-refractivity contribution < 1.29 is 25.9 Å². The number of hydrogen-bond acceptors (Lipinski definition) is 5. The Labute approximate surface area is 321 Å². The second-order valence-electron chi connectivity index (χ2n) is 15.0. The molecule has 8 nitrogen and oxygen atoms in total. The van der Waals surface area contributed by atoms with Crippen molar-refractivity contribution in [3.63, 3.8) is 0 Å². The highest BCUT2D eigenvalue weighted by Gasteiger charge is 2.22. The van der Waals surface area contributed by atoms with Gasteiger partial charge in [0.25, 0.3) is 20.2 Å². The van der Waals surface area contributed by atoms with E-state index in [0.717, 1.165) is 51.0 Å². The Balaban J connectivity index is 0.000000159. The quantitative estimate of drug-likeness (QED) is 0.138. The minimum Gasteiger partial charge on any atom is -0.340 e. The molecule has 0 saturated carbocycles. The summed E-state index contributed by atoms with van der Waals surface area (Å²) in [5, 5.41) is 1.47. The lowest BCUT2D eigenvalue weighted by Crippen LogP contribution is -2.27. The number of hydrogen-bond donors (Lipinski definition) is 2. The van der Waals surface area contributed by atoms with Gasteiger partial charge in [0.1, 0.15) is 9.79 Å². The Morgan fingerprint density at radius 2 is 1.30 bits per heavy atom. The van der Waals surface area contributed by atoms with Crippen molar-refractivity contribution >= 4 is 41.9 Å². The molecule has 0 unspecified atom stereocenters. The Morgan fingerprint density at radius 1 is 0.704 bits per heavy atom. The van der Waals surface area contributed by atoms with Crippen LogP contribution in [0.15, 0.2) is 136 Å². The predicted octanol–water partition coefficient (Wildman–Crippen LogP) is 10.0. The first-order valence-electron chi connectivity index (χ1n) is 18.3. The molecule has 10 heteroatoms. The lowest BCUT2D eigenvalue weighted by Gasteiger charge is -2.24. The molecule has 1 aromatic heterocycles. The van der Waals surface area contributed by atoms with E-state index < -0.39 is 30.0 Å². The number of rotatable bonds is 4. The van der Waals surface area contributed by atoms with Gasteiger partial charge in [-0.3, -0.25) is 9.11 Å². The van der Waals surface area contributed by atoms with Crippen LogP contribution in [0.3, 0.4) is 0 Å². The van der Waals surface area contributed by atoms with Crippen molar-refractivity contribution in [2.45, 2.75) is 82.7 Å². The summed E-state index contributed by atoms with van der Waals surface area (Å²) in [5.41, 5.74) is 9.14. The van der Waals surface area contributed by atoms with Crippen LogP contribution in [0.25, 0.3) is 21.7 Å². The Kier molecular flexibility index (Phi) is 13.2. The van der Waals surface area contributed by atoms with Crippen LogP contribution in [-0.4, -0.2) is 49.0 Å². The summed E-state index contributed by atoms with van der Waals surface area (Å²) in [6.07, 6.45) is 15.3. The summed E-state index contributed by atoms with van der Waals surface area (Å²) in [5.74, 6) is 0. The molecule has 2 N–H and O–H groups in total. The summed E-state index contributed by atoms with van der Waals surface area (Å²) in [4.78, 5) is 1.60. The van der Waals surface area contributed by atoms with E-state index >= 15 is 0 Å². The molecule has 1 aliphatic heterocycles. The molecule has 2 aliphatic rings. The number of aromatic nitrogens is 1. The van der Waals surface area contributed by atoms with Gasteiger partial charge < -0.3 is 9.47 Å². The number of nitrogens with zero attached hydrogens (tertiary/aromatic N) is 2. The van der Waals surface area contributed by atoms with Crippen molar-refractivity contribution in [3.05, 3.63) is 143 Å². The van der Waals surface area contributed by atoms with E-state index in [-0.39, 0.29) is 10.8 Å². The second-order valence-corrected chi connectivity index (χ2v) is 17.8. The predicted molar refractivity (Wildman–Crippen MR) is 220 cm³/mol. The fourth-order valence-electron chi connectivity index (χ4n) is 6.99. The van der Waals surface area contributed by atoms with Crippen LogP contribution in [-0.2, 0) is 39.7 Å². The number of benzene rings is 4. The van der Waals surface area contributed by atoms with E-state index in [9.17, 15) is 16.8 Å². The second kappa shape index (κ2) is 17.4. The van der Waals surface area contributed by atoms with E-state index in [0.29, 0.717) is 5.41 Å². The van der Waals surface area contributed by atoms with Crippen LogP contribution < -0.4 is 0 Å². The van der Waals surface area contributed by atoms with Gasteiger partial charge in [0.05, 0.1) is 0 Å². The smallest absolute Gasteiger partial charge is 0.295 e. The Bertz CT molecular complexity index is 2340. The molecule has 0 bridgehead atoms. The zero-order chi connectivity index (χ0) is 39.1. The molecule has 0 saturated heterocycles. The van der Waals surface area contributed by atoms with Gasteiger partial charge in [-0.2, -0.15) is 16.8 Å². The maximum Gasteiger partial charge on any atom is 0.295 e. The van der Waals surface area contributed by atoms with Gasteiger partial charge in [-0.15, -0.1) is 0 Å². The number of para-hydroxylation sites is 1. The summed E-state index contributed by atoms with van der Waals surface area (Å²) >= 11 is 0. The lowest BCUT2D eigenvalue weighted by atomic mass is 9.87. The van der Waals surface area contributed by atoms with Crippen LogP contribution in [0.1, 0.15) is 70.2 Å². The highest BCUT2D eigenvalue weighted by atomic mass is 32.2. The summed E-state index contributed by atoms with van der Waals surface area (Å²) in [6.45, 7) is 12.3. The molecule has 0 atom stereocenters. The first-order valence-corrected chi connectivity index (χ1v) is 21.2. The van der Waals surface area contributed by atoms with E-state index in [4.69, 9.17) is 9.11 Å². The molecule has 286 valence electrons. The van der Waals surface area contributed by atoms with E-state index in [2.05, 4.69) is 123 Å². The molecule has 1 aliphatic carbocycles. The standard InChI is InChI=1S/C19H20N2.C15H24.C10H8O6S2/c1-20-12-11-19-17(14-20)16-9-5-6-10-18(16)21(19)13-15-7-3-2-4-8-15;1-13-7-5-8-14(2)10-12-15(3,4)11-6-9-13;11-17(12,13)9-5-1-3-7-8(9)4-2-6-10(7)18(14,15)16/h2-10H,11-14H2,1H3;6-7,10-11H,5,8-9,12H2,1-4H3;1-6H,(H,11,12,13)(H,14,15,16). The third-order valence-electron chi connectivity index (χ3n) is 9.95. The number of likely N-dealkylation sites (N-methyl/N-ethyl adjacent to an activating group) is 1. The van der Waals surface area contributed by atoms with Crippen molar-refractivity contribution in [2.75, 3.05) is 13.6 Å². The first kappa shape index (κ1) is 40.9. The SMILES string of the molecule is CC1=CCCC(C)=CCC(C)(C)C=CC1.CN1CCc2c(c3ccccc3n2Cc2ccccc2)C1.O=S(=O)(O)c1cccc2c(S(=O)(=O)O)cccc12. The largest absolute Gasteiger partial charge is 0.340 e. The summed E-state index contributed by atoms with van der Waals surface area (Å²) in [7, 11) is -6.72. The van der Waals surface area contributed by atoms with E-state index in [1.807, 2.05) is 0 Å². The van der Waals surface area contributed by atoms with Crippen molar-refractivity contribution in [1.29, 1.82) is 0 Å². The van der Waals surface area contributed by atoms with Crippen molar-refractivity contribution in [2.24, 2.45) is 5.41 Å². The van der Waals surface area contributed by atoms with Gasteiger partial charge in [-0.25, -0.2) is 0 Å². The molecule has 7 rings (SSSR count). The van der Waals surface area contributed by atoms with Gasteiger partial charge in [0.15, 0.2) is 0 Å².